The minimum atomic E-state index is 0.522. The molecule has 0 aliphatic heterocycles. The average molecular weight is 181 g/mol. The Morgan fingerprint density at radius 1 is 1.54 bits per heavy atom. The van der Waals surface area contributed by atoms with Crippen molar-refractivity contribution >= 4 is 0 Å². The average Bonchev–Trinajstić information content (AvgIpc) is 2.51. The summed E-state index contributed by atoms with van der Waals surface area (Å²) in [5.74, 6) is 1.15. The quantitative estimate of drug-likeness (QED) is 0.760. The molecule has 0 fully saturated rings. The number of hydrogen-bond donors (Lipinski definition) is 1. The van der Waals surface area contributed by atoms with E-state index in [2.05, 4.69) is 30.3 Å². The highest BCUT2D eigenvalue weighted by atomic mass is 15.2. The molecule has 1 aromatic rings. The van der Waals surface area contributed by atoms with E-state index in [1.165, 1.54) is 5.69 Å². The number of aryl methyl sites for hydroxylation is 1. The first kappa shape index (κ1) is 10.3. The number of nitrogens with one attached hydrogen (secondary N) is 1. The van der Waals surface area contributed by atoms with Crippen LogP contribution in [-0.2, 0) is 7.05 Å². The van der Waals surface area contributed by atoms with Crippen LogP contribution in [0.3, 0.4) is 0 Å². The molecule has 0 radical (unpaired) electrons. The third kappa shape index (κ3) is 2.56. The summed E-state index contributed by atoms with van der Waals surface area (Å²) < 4.78 is 1.86. The first-order chi connectivity index (χ1) is 6.15. The van der Waals surface area contributed by atoms with Crippen molar-refractivity contribution in [2.45, 2.75) is 19.8 Å². The van der Waals surface area contributed by atoms with Crippen molar-refractivity contribution in [3.05, 3.63) is 18.0 Å². The Kier molecular flexibility index (Phi) is 3.48. The summed E-state index contributed by atoms with van der Waals surface area (Å²) in [7, 11) is 3.95. The van der Waals surface area contributed by atoms with Gasteiger partial charge in [-0.1, -0.05) is 13.8 Å². The van der Waals surface area contributed by atoms with Crippen LogP contribution in [0.4, 0.5) is 0 Å². The Labute approximate surface area is 80.1 Å². The first-order valence-electron chi connectivity index (χ1n) is 4.79. The van der Waals surface area contributed by atoms with Crippen molar-refractivity contribution in [1.82, 2.24) is 15.1 Å². The number of rotatable bonds is 4. The lowest BCUT2D eigenvalue weighted by atomic mass is 9.93. The van der Waals surface area contributed by atoms with Gasteiger partial charge in [0.2, 0.25) is 0 Å². The minimum Gasteiger partial charge on any atom is -0.319 e. The lowest BCUT2D eigenvalue weighted by Gasteiger charge is -2.17. The van der Waals surface area contributed by atoms with Crippen LogP contribution >= 0.6 is 0 Å². The highest BCUT2D eigenvalue weighted by Gasteiger charge is 2.15. The van der Waals surface area contributed by atoms with Gasteiger partial charge in [0, 0.05) is 19.2 Å². The van der Waals surface area contributed by atoms with E-state index in [0.29, 0.717) is 11.8 Å². The zero-order chi connectivity index (χ0) is 9.84. The molecule has 3 heteroatoms. The van der Waals surface area contributed by atoms with Gasteiger partial charge in [-0.05, 0) is 25.6 Å². The maximum Gasteiger partial charge on any atom is 0.0655 e. The maximum absolute atomic E-state index is 4.40. The fourth-order valence-electron chi connectivity index (χ4n) is 1.47. The van der Waals surface area contributed by atoms with Crippen molar-refractivity contribution in [1.29, 1.82) is 0 Å². The van der Waals surface area contributed by atoms with Crippen LogP contribution in [-0.4, -0.2) is 23.4 Å². The van der Waals surface area contributed by atoms with Crippen LogP contribution in [0.5, 0.6) is 0 Å². The van der Waals surface area contributed by atoms with Crippen molar-refractivity contribution in [2.24, 2.45) is 13.0 Å². The third-order valence-electron chi connectivity index (χ3n) is 2.58. The SMILES string of the molecule is CNCC(C)C(C)c1ccn(C)n1. The van der Waals surface area contributed by atoms with Crippen LogP contribution in [0.25, 0.3) is 0 Å². The predicted octanol–water partition coefficient (Wildman–Crippen LogP) is 1.38. The molecule has 1 rings (SSSR count). The van der Waals surface area contributed by atoms with Gasteiger partial charge in [-0.2, -0.15) is 5.10 Å². The van der Waals surface area contributed by atoms with Crippen LogP contribution in [0.1, 0.15) is 25.5 Å². The summed E-state index contributed by atoms with van der Waals surface area (Å²) in [5, 5.41) is 7.59. The largest absolute Gasteiger partial charge is 0.319 e. The Hall–Kier alpha value is -0.830. The second kappa shape index (κ2) is 4.42. The van der Waals surface area contributed by atoms with Gasteiger partial charge in [-0.15, -0.1) is 0 Å². The lowest BCUT2D eigenvalue weighted by molar-refractivity contribution is 0.455. The molecule has 74 valence electrons. The normalized spacial score (nSPS) is 15.7. The van der Waals surface area contributed by atoms with E-state index >= 15 is 0 Å². The second-order valence-electron chi connectivity index (χ2n) is 3.74. The highest BCUT2D eigenvalue weighted by molar-refractivity contribution is 5.06. The van der Waals surface area contributed by atoms with Gasteiger partial charge in [-0.3, -0.25) is 4.68 Å². The van der Waals surface area contributed by atoms with Gasteiger partial charge < -0.3 is 5.32 Å². The Morgan fingerprint density at radius 2 is 2.23 bits per heavy atom. The zero-order valence-corrected chi connectivity index (χ0v) is 8.91. The lowest BCUT2D eigenvalue weighted by Crippen LogP contribution is -2.21. The molecule has 1 aromatic heterocycles. The van der Waals surface area contributed by atoms with Crippen molar-refractivity contribution < 1.29 is 0 Å². The Morgan fingerprint density at radius 3 is 2.69 bits per heavy atom. The molecule has 0 saturated heterocycles. The molecule has 0 amide bonds. The van der Waals surface area contributed by atoms with E-state index in [4.69, 9.17) is 0 Å². The monoisotopic (exact) mass is 181 g/mol. The van der Waals surface area contributed by atoms with Gasteiger partial charge in [-0.25, -0.2) is 0 Å². The van der Waals surface area contributed by atoms with Gasteiger partial charge in [0.1, 0.15) is 0 Å². The van der Waals surface area contributed by atoms with E-state index < -0.39 is 0 Å². The van der Waals surface area contributed by atoms with Gasteiger partial charge in [0.25, 0.3) is 0 Å². The van der Waals surface area contributed by atoms with Crippen molar-refractivity contribution in [2.75, 3.05) is 13.6 Å². The fourth-order valence-corrected chi connectivity index (χ4v) is 1.47. The summed E-state index contributed by atoms with van der Waals surface area (Å²) in [6, 6.07) is 2.09. The number of aromatic nitrogens is 2. The summed E-state index contributed by atoms with van der Waals surface area (Å²) >= 11 is 0. The van der Waals surface area contributed by atoms with Crippen LogP contribution in [0.15, 0.2) is 12.3 Å². The van der Waals surface area contributed by atoms with Crippen LogP contribution in [0.2, 0.25) is 0 Å². The maximum atomic E-state index is 4.40. The molecular weight excluding hydrogens is 162 g/mol. The summed E-state index contributed by atoms with van der Waals surface area (Å²) in [6.45, 7) is 5.51. The van der Waals surface area contributed by atoms with Crippen molar-refractivity contribution in [3.63, 3.8) is 0 Å². The summed E-state index contributed by atoms with van der Waals surface area (Å²) in [6.07, 6.45) is 2.00. The fraction of sp³-hybridized carbons (Fsp3) is 0.700. The minimum absolute atomic E-state index is 0.522. The molecule has 0 aromatic carbocycles. The highest BCUT2D eigenvalue weighted by Crippen LogP contribution is 2.21. The molecule has 0 aliphatic rings. The third-order valence-corrected chi connectivity index (χ3v) is 2.58. The Bertz CT molecular complexity index is 254. The molecule has 1 N–H and O–H groups in total. The molecular formula is C10H19N3. The van der Waals surface area contributed by atoms with E-state index in [-0.39, 0.29) is 0 Å². The van der Waals surface area contributed by atoms with E-state index in [1.807, 2.05) is 25.0 Å². The summed E-state index contributed by atoms with van der Waals surface area (Å²) in [4.78, 5) is 0. The molecule has 0 bridgehead atoms. The number of nitrogens with zero attached hydrogens (tertiary/aromatic N) is 2. The van der Waals surface area contributed by atoms with E-state index in [0.717, 1.165) is 6.54 Å². The van der Waals surface area contributed by atoms with Crippen LogP contribution in [0, 0.1) is 5.92 Å². The molecule has 2 unspecified atom stereocenters. The molecule has 0 aliphatic carbocycles. The molecule has 0 saturated carbocycles. The number of hydrogen-bond acceptors (Lipinski definition) is 2. The topological polar surface area (TPSA) is 29.9 Å². The van der Waals surface area contributed by atoms with Gasteiger partial charge >= 0.3 is 0 Å². The summed E-state index contributed by atoms with van der Waals surface area (Å²) in [5.41, 5.74) is 1.19. The van der Waals surface area contributed by atoms with E-state index in [9.17, 15) is 0 Å². The van der Waals surface area contributed by atoms with Crippen LogP contribution < -0.4 is 5.32 Å². The Balaban J connectivity index is 2.61. The molecule has 13 heavy (non-hydrogen) atoms. The smallest absolute Gasteiger partial charge is 0.0655 e. The molecule has 1 heterocycles. The zero-order valence-electron chi connectivity index (χ0n) is 8.91. The van der Waals surface area contributed by atoms with Crippen molar-refractivity contribution in [3.8, 4) is 0 Å². The van der Waals surface area contributed by atoms with Gasteiger partial charge in [0.15, 0.2) is 0 Å². The standard InChI is InChI=1S/C10H19N3/c1-8(7-11-3)9(2)10-5-6-13(4)12-10/h5-6,8-9,11H,7H2,1-4H3. The molecule has 2 atom stereocenters. The second-order valence-corrected chi connectivity index (χ2v) is 3.74. The molecule has 0 spiro atoms. The van der Waals surface area contributed by atoms with E-state index in [1.54, 1.807) is 0 Å². The first-order valence-corrected chi connectivity index (χ1v) is 4.79. The molecule has 3 nitrogen and oxygen atoms in total. The predicted molar refractivity (Wildman–Crippen MR) is 54.7 cm³/mol. The van der Waals surface area contributed by atoms with Gasteiger partial charge in [0.05, 0.1) is 5.69 Å².